The molecular formula is C23H25FN4OS. The third-order valence-corrected chi connectivity index (χ3v) is 6.61. The zero-order valence-corrected chi connectivity index (χ0v) is 17.8. The SMILES string of the molecule is Cn1c(SCc2ccccc2)nnc1[C@@H]1CCCN(C(=O)Cc2ccccc2F)C1. The molecule has 0 N–H and O–H groups in total. The summed E-state index contributed by atoms with van der Waals surface area (Å²) in [5, 5.41) is 9.69. The standard InChI is InChI=1S/C23H25FN4OS/c1-27-22(25-26-23(27)30-16-17-8-3-2-4-9-17)19-11-7-13-28(15-19)21(29)14-18-10-5-6-12-20(18)24/h2-6,8-10,12,19H,7,11,13-16H2,1H3/t19-/m1/s1. The van der Waals surface area contributed by atoms with Gasteiger partial charge in [-0.2, -0.15) is 0 Å². The average Bonchev–Trinajstić information content (AvgIpc) is 3.15. The summed E-state index contributed by atoms with van der Waals surface area (Å²) in [4.78, 5) is 14.6. The first kappa shape index (κ1) is 20.6. The number of hydrogen-bond acceptors (Lipinski definition) is 4. The minimum absolute atomic E-state index is 0.0364. The number of aromatic nitrogens is 3. The lowest BCUT2D eigenvalue weighted by Crippen LogP contribution is -2.40. The van der Waals surface area contributed by atoms with E-state index < -0.39 is 0 Å². The third kappa shape index (κ3) is 4.73. The number of amides is 1. The summed E-state index contributed by atoms with van der Waals surface area (Å²) in [6, 6.07) is 16.8. The van der Waals surface area contributed by atoms with E-state index in [1.165, 1.54) is 11.6 Å². The number of carbonyl (C=O) groups is 1. The number of halogens is 1. The summed E-state index contributed by atoms with van der Waals surface area (Å²) in [5.41, 5.74) is 1.69. The summed E-state index contributed by atoms with van der Waals surface area (Å²) in [6.07, 6.45) is 1.97. The van der Waals surface area contributed by atoms with Crippen molar-refractivity contribution in [3.05, 3.63) is 77.4 Å². The second kappa shape index (κ2) is 9.43. The molecule has 1 aliphatic heterocycles. The molecule has 1 atom stereocenters. The van der Waals surface area contributed by atoms with Crippen LogP contribution >= 0.6 is 11.8 Å². The van der Waals surface area contributed by atoms with Crippen LogP contribution in [-0.4, -0.2) is 38.7 Å². The van der Waals surface area contributed by atoms with Gasteiger partial charge in [0.15, 0.2) is 5.16 Å². The van der Waals surface area contributed by atoms with Gasteiger partial charge in [0.05, 0.1) is 6.42 Å². The van der Waals surface area contributed by atoms with Crippen LogP contribution < -0.4 is 0 Å². The maximum absolute atomic E-state index is 13.9. The van der Waals surface area contributed by atoms with Gasteiger partial charge in [-0.1, -0.05) is 60.3 Å². The van der Waals surface area contributed by atoms with Gasteiger partial charge in [0.2, 0.25) is 5.91 Å². The van der Waals surface area contributed by atoms with Crippen molar-refractivity contribution in [1.82, 2.24) is 19.7 Å². The van der Waals surface area contributed by atoms with Gasteiger partial charge in [-0.25, -0.2) is 4.39 Å². The van der Waals surface area contributed by atoms with Crippen molar-refractivity contribution in [3.63, 3.8) is 0 Å². The van der Waals surface area contributed by atoms with Crippen molar-refractivity contribution in [2.45, 2.75) is 36.1 Å². The van der Waals surface area contributed by atoms with Crippen LogP contribution in [0.15, 0.2) is 59.8 Å². The van der Waals surface area contributed by atoms with E-state index in [0.29, 0.717) is 18.7 Å². The summed E-state index contributed by atoms with van der Waals surface area (Å²) in [7, 11) is 1.99. The average molecular weight is 425 g/mol. The molecule has 4 rings (SSSR count). The number of carbonyl (C=O) groups excluding carboxylic acids is 1. The lowest BCUT2D eigenvalue weighted by Gasteiger charge is -2.32. The van der Waals surface area contributed by atoms with Crippen LogP contribution in [0.1, 0.15) is 35.7 Å². The number of thioether (sulfide) groups is 1. The van der Waals surface area contributed by atoms with Crippen molar-refractivity contribution in [1.29, 1.82) is 0 Å². The van der Waals surface area contributed by atoms with E-state index in [4.69, 9.17) is 0 Å². The molecule has 7 heteroatoms. The van der Waals surface area contributed by atoms with Gasteiger partial charge in [0.1, 0.15) is 11.6 Å². The Morgan fingerprint density at radius 1 is 1.13 bits per heavy atom. The van der Waals surface area contributed by atoms with Gasteiger partial charge in [0.25, 0.3) is 0 Å². The number of rotatable bonds is 6. The van der Waals surface area contributed by atoms with E-state index in [2.05, 4.69) is 22.3 Å². The lowest BCUT2D eigenvalue weighted by molar-refractivity contribution is -0.131. The highest BCUT2D eigenvalue weighted by Crippen LogP contribution is 2.29. The maximum atomic E-state index is 13.9. The van der Waals surface area contributed by atoms with Crippen LogP contribution in [0.2, 0.25) is 0 Å². The largest absolute Gasteiger partial charge is 0.342 e. The molecule has 1 fully saturated rings. The molecule has 1 aromatic heterocycles. The molecule has 1 aliphatic rings. The summed E-state index contributed by atoms with van der Waals surface area (Å²) >= 11 is 1.66. The fourth-order valence-corrected chi connectivity index (χ4v) is 4.73. The van der Waals surface area contributed by atoms with Gasteiger partial charge in [-0.15, -0.1) is 10.2 Å². The first-order chi connectivity index (χ1) is 14.6. The summed E-state index contributed by atoms with van der Waals surface area (Å²) in [6.45, 7) is 1.31. The molecule has 0 aliphatic carbocycles. The van der Waals surface area contributed by atoms with Crippen molar-refractivity contribution >= 4 is 17.7 Å². The number of piperidine rings is 1. The second-order valence-corrected chi connectivity index (χ2v) is 8.56. The van der Waals surface area contributed by atoms with Crippen molar-refractivity contribution in [2.75, 3.05) is 13.1 Å². The maximum Gasteiger partial charge on any atom is 0.227 e. The van der Waals surface area contributed by atoms with Crippen molar-refractivity contribution in [2.24, 2.45) is 7.05 Å². The normalized spacial score (nSPS) is 16.6. The fourth-order valence-electron chi connectivity index (χ4n) is 3.86. The molecule has 0 radical (unpaired) electrons. The highest BCUT2D eigenvalue weighted by molar-refractivity contribution is 7.98. The molecule has 30 heavy (non-hydrogen) atoms. The Labute approximate surface area is 180 Å². The second-order valence-electron chi connectivity index (χ2n) is 7.62. The Hall–Kier alpha value is -2.67. The Morgan fingerprint density at radius 3 is 2.70 bits per heavy atom. The van der Waals surface area contributed by atoms with Crippen molar-refractivity contribution in [3.8, 4) is 0 Å². The molecule has 1 amide bonds. The molecular weight excluding hydrogens is 399 g/mol. The molecule has 0 bridgehead atoms. The van der Waals surface area contributed by atoms with Gasteiger partial charge in [-0.3, -0.25) is 4.79 Å². The molecule has 2 aromatic carbocycles. The highest BCUT2D eigenvalue weighted by atomic mass is 32.2. The number of nitrogens with zero attached hydrogens (tertiary/aromatic N) is 4. The van der Waals surface area contributed by atoms with Gasteiger partial charge < -0.3 is 9.47 Å². The Balaban J connectivity index is 1.40. The molecule has 0 saturated carbocycles. The van der Waals surface area contributed by atoms with E-state index >= 15 is 0 Å². The molecule has 0 spiro atoms. The Morgan fingerprint density at radius 2 is 1.90 bits per heavy atom. The molecule has 0 unspecified atom stereocenters. The van der Waals surface area contributed by atoms with Gasteiger partial charge in [0, 0.05) is 31.8 Å². The predicted molar refractivity (Wildman–Crippen MR) is 116 cm³/mol. The number of hydrogen-bond donors (Lipinski definition) is 0. The minimum Gasteiger partial charge on any atom is -0.342 e. The van der Waals surface area contributed by atoms with Crippen molar-refractivity contribution < 1.29 is 9.18 Å². The summed E-state index contributed by atoms with van der Waals surface area (Å²) in [5.74, 6) is 1.53. The smallest absolute Gasteiger partial charge is 0.227 e. The van der Waals surface area contributed by atoms with Crippen LogP contribution in [0, 0.1) is 5.82 Å². The zero-order chi connectivity index (χ0) is 20.9. The molecule has 2 heterocycles. The van der Waals surface area contributed by atoms with Crippen LogP contribution in [0.25, 0.3) is 0 Å². The molecule has 5 nitrogen and oxygen atoms in total. The molecule has 156 valence electrons. The first-order valence-electron chi connectivity index (χ1n) is 10.2. The third-order valence-electron chi connectivity index (χ3n) is 5.52. The highest BCUT2D eigenvalue weighted by Gasteiger charge is 2.28. The number of benzene rings is 2. The number of likely N-dealkylation sites (tertiary alicyclic amines) is 1. The van der Waals surface area contributed by atoms with Gasteiger partial charge in [-0.05, 0) is 30.0 Å². The predicted octanol–water partition coefficient (Wildman–Crippen LogP) is 4.20. The van der Waals surface area contributed by atoms with E-state index in [0.717, 1.165) is 29.6 Å². The van der Waals surface area contributed by atoms with E-state index in [9.17, 15) is 9.18 Å². The quantitative estimate of drug-likeness (QED) is 0.557. The van der Waals surface area contributed by atoms with E-state index in [1.807, 2.05) is 34.7 Å². The van der Waals surface area contributed by atoms with Gasteiger partial charge >= 0.3 is 0 Å². The van der Waals surface area contributed by atoms with E-state index in [1.54, 1.807) is 30.0 Å². The van der Waals surface area contributed by atoms with E-state index in [-0.39, 0.29) is 24.1 Å². The first-order valence-corrected chi connectivity index (χ1v) is 11.2. The summed E-state index contributed by atoms with van der Waals surface area (Å²) < 4.78 is 16.0. The van der Waals surface area contributed by atoms with Crippen LogP contribution in [0.5, 0.6) is 0 Å². The molecule has 1 saturated heterocycles. The topological polar surface area (TPSA) is 51.0 Å². The van der Waals surface area contributed by atoms with Crippen LogP contribution in [0.3, 0.4) is 0 Å². The minimum atomic E-state index is -0.326. The molecule has 3 aromatic rings. The monoisotopic (exact) mass is 424 g/mol. The Bertz CT molecular complexity index is 1010. The zero-order valence-electron chi connectivity index (χ0n) is 17.0. The van der Waals surface area contributed by atoms with Crippen LogP contribution in [-0.2, 0) is 24.0 Å². The fraction of sp³-hybridized carbons (Fsp3) is 0.348. The Kier molecular flexibility index (Phi) is 6.47. The lowest BCUT2D eigenvalue weighted by atomic mass is 9.96. The van der Waals surface area contributed by atoms with Crippen LogP contribution in [0.4, 0.5) is 4.39 Å².